The summed E-state index contributed by atoms with van der Waals surface area (Å²) in [5.74, 6) is -0.342. The van der Waals surface area contributed by atoms with Gasteiger partial charge in [-0.2, -0.15) is 4.98 Å². The summed E-state index contributed by atoms with van der Waals surface area (Å²) in [6.07, 6.45) is -2.75. The summed E-state index contributed by atoms with van der Waals surface area (Å²) in [7, 11) is 0. The van der Waals surface area contributed by atoms with Gasteiger partial charge in [0.1, 0.15) is 18.4 Å². The van der Waals surface area contributed by atoms with E-state index in [0.717, 1.165) is 5.56 Å². The van der Waals surface area contributed by atoms with Gasteiger partial charge in [-0.1, -0.05) is 37.3 Å². The number of benzene rings is 1. The van der Waals surface area contributed by atoms with Gasteiger partial charge in [-0.15, -0.1) is 0 Å². The number of aliphatic hydroxyl groups is 3. The summed E-state index contributed by atoms with van der Waals surface area (Å²) in [6, 6.07) is 11.1. The van der Waals surface area contributed by atoms with Crippen molar-refractivity contribution in [2.45, 2.75) is 38.1 Å². The van der Waals surface area contributed by atoms with Crippen molar-refractivity contribution < 1.29 is 24.9 Å². The topological polar surface area (TPSA) is 126 Å². The second-order valence-electron chi connectivity index (χ2n) is 6.47. The predicted molar refractivity (Wildman–Crippen MR) is 95.5 cm³/mol. The van der Waals surface area contributed by atoms with Gasteiger partial charge in [0.05, 0.1) is 19.3 Å². The van der Waals surface area contributed by atoms with E-state index < -0.39 is 42.8 Å². The van der Waals surface area contributed by atoms with Crippen LogP contribution in [0.25, 0.3) is 0 Å². The zero-order valence-corrected chi connectivity index (χ0v) is 14.8. The lowest BCUT2D eigenvalue weighted by Gasteiger charge is -2.41. The Morgan fingerprint density at radius 2 is 1.96 bits per heavy atom. The van der Waals surface area contributed by atoms with Crippen molar-refractivity contribution >= 4 is 5.82 Å². The standard InChI is InChI=1S/C18H23N3O6/c1-11-15(23)16(24)13(9-22)27-17(11)21-8-7-14(19-18(21)25)20-26-10-12-5-3-2-4-6-12/h2-8,11,13,15-17,22-24H,9-10H2,1H3,(H,19,20,25)/t11?,13-,15?,16?,17-/m1/s1. The smallest absolute Gasteiger partial charge is 0.351 e. The number of nitrogens with zero attached hydrogens (tertiary/aromatic N) is 2. The maximum Gasteiger partial charge on any atom is 0.351 e. The zero-order valence-electron chi connectivity index (χ0n) is 14.8. The molecule has 1 saturated heterocycles. The predicted octanol–water partition coefficient (Wildman–Crippen LogP) is 0.0346. The van der Waals surface area contributed by atoms with Crippen LogP contribution in [-0.2, 0) is 16.2 Å². The van der Waals surface area contributed by atoms with E-state index in [2.05, 4.69) is 10.5 Å². The molecule has 1 aliphatic rings. The lowest BCUT2D eigenvalue weighted by Crippen LogP contribution is -2.54. The Kier molecular flexibility index (Phi) is 6.19. The van der Waals surface area contributed by atoms with Gasteiger partial charge in [-0.05, 0) is 11.6 Å². The summed E-state index contributed by atoms with van der Waals surface area (Å²) >= 11 is 0. The molecule has 0 radical (unpaired) electrons. The van der Waals surface area contributed by atoms with Crippen molar-refractivity contribution in [1.29, 1.82) is 0 Å². The largest absolute Gasteiger partial charge is 0.394 e. The molecule has 4 N–H and O–H groups in total. The van der Waals surface area contributed by atoms with E-state index in [9.17, 15) is 20.1 Å². The fourth-order valence-electron chi connectivity index (χ4n) is 2.98. The summed E-state index contributed by atoms with van der Waals surface area (Å²) in [6.45, 7) is 1.47. The molecule has 3 rings (SSSR count). The van der Waals surface area contributed by atoms with E-state index in [-0.39, 0.29) is 5.82 Å². The number of hydrogen-bond donors (Lipinski definition) is 4. The first-order valence-corrected chi connectivity index (χ1v) is 8.64. The molecule has 27 heavy (non-hydrogen) atoms. The molecule has 9 heteroatoms. The molecule has 0 amide bonds. The molecule has 2 heterocycles. The minimum Gasteiger partial charge on any atom is -0.394 e. The molecule has 0 bridgehead atoms. The molecular formula is C18H23N3O6. The highest BCUT2D eigenvalue weighted by Crippen LogP contribution is 2.32. The highest BCUT2D eigenvalue weighted by atomic mass is 16.6. The molecule has 1 fully saturated rings. The number of rotatable bonds is 6. The van der Waals surface area contributed by atoms with Crippen molar-refractivity contribution in [3.8, 4) is 0 Å². The van der Waals surface area contributed by atoms with Crippen LogP contribution in [0, 0.1) is 5.92 Å². The summed E-state index contributed by atoms with van der Waals surface area (Å²) in [5.41, 5.74) is 2.97. The molecule has 0 saturated carbocycles. The van der Waals surface area contributed by atoms with E-state index in [1.54, 1.807) is 6.92 Å². The molecule has 9 nitrogen and oxygen atoms in total. The van der Waals surface area contributed by atoms with E-state index in [4.69, 9.17) is 9.57 Å². The van der Waals surface area contributed by atoms with Crippen LogP contribution < -0.4 is 11.2 Å². The Bertz CT molecular complexity index is 797. The second-order valence-corrected chi connectivity index (χ2v) is 6.47. The number of aliphatic hydroxyl groups excluding tert-OH is 3. The van der Waals surface area contributed by atoms with Crippen LogP contribution in [-0.4, -0.2) is 49.8 Å². The van der Waals surface area contributed by atoms with Crippen molar-refractivity contribution in [3.05, 3.63) is 58.6 Å². The first kappa shape index (κ1) is 19.5. The number of anilines is 1. The number of ether oxygens (including phenoxy) is 1. The highest BCUT2D eigenvalue weighted by molar-refractivity contribution is 5.29. The van der Waals surface area contributed by atoms with Crippen LogP contribution in [0.5, 0.6) is 0 Å². The number of hydrogen-bond acceptors (Lipinski definition) is 8. The quantitative estimate of drug-likeness (QED) is 0.520. The van der Waals surface area contributed by atoms with Crippen LogP contribution in [0.3, 0.4) is 0 Å². The van der Waals surface area contributed by atoms with Gasteiger partial charge in [0, 0.05) is 12.1 Å². The number of nitrogens with one attached hydrogen (secondary N) is 1. The van der Waals surface area contributed by atoms with Gasteiger partial charge in [-0.3, -0.25) is 9.40 Å². The van der Waals surface area contributed by atoms with E-state index >= 15 is 0 Å². The van der Waals surface area contributed by atoms with E-state index in [0.29, 0.717) is 6.61 Å². The molecule has 0 spiro atoms. The van der Waals surface area contributed by atoms with Crippen molar-refractivity contribution in [1.82, 2.24) is 9.55 Å². The monoisotopic (exact) mass is 377 g/mol. The minimum absolute atomic E-state index is 0.231. The Morgan fingerprint density at radius 1 is 1.22 bits per heavy atom. The summed E-state index contributed by atoms with van der Waals surface area (Å²) in [4.78, 5) is 21.6. The van der Waals surface area contributed by atoms with Gasteiger partial charge in [0.25, 0.3) is 0 Å². The third-order valence-corrected chi connectivity index (χ3v) is 4.58. The molecule has 1 aliphatic heterocycles. The van der Waals surface area contributed by atoms with E-state index in [1.165, 1.54) is 16.8 Å². The molecular weight excluding hydrogens is 354 g/mol. The fourth-order valence-corrected chi connectivity index (χ4v) is 2.98. The second kappa shape index (κ2) is 8.59. The first-order valence-electron chi connectivity index (χ1n) is 8.64. The maximum atomic E-state index is 12.4. The van der Waals surface area contributed by atoms with E-state index in [1.807, 2.05) is 30.3 Å². The van der Waals surface area contributed by atoms with Gasteiger partial charge < -0.3 is 20.1 Å². The Labute approximate surface area is 155 Å². The third-order valence-electron chi connectivity index (χ3n) is 4.58. The Balaban J connectivity index is 1.68. The van der Waals surface area contributed by atoms with Crippen molar-refractivity contribution in [2.24, 2.45) is 5.92 Å². The Hall–Kier alpha value is -2.30. The van der Waals surface area contributed by atoms with Crippen LogP contribution in [0.4, 0.5) is 5.82 Å². The first-order chi connectivity index (χ1) is 13.0. The maximum absolute atomic E-state index is 12.4. The lowest BCUT2D eigenvalue weighted by atomic mass is 9.91. The van der Waals surface area contributed by atoms with Crippen LogP contribution in [0.2, 0.25) is 0 Å². The average molecular weight is 377 g/mol. The molecule has 5 atom stereocenters. The third kappa shape index (κ3) is 4.34. The fraction of sp³-hybridized carbons (Fsp3) is 0.444. The lowest BCUT2D eigenvalue weighted by molar-refractivity contribution is -0.229. The van der Waals surface area contributed by atoms with Crippen LogP contribution in [0.1, 0.15) is 18.7 Å². The van der Waals surface area contributed by atoms with Crippen molar-refractivity contribution in [3.63, 3.8) is 0 Å². The molecule has 1 aromatic heterocycles. The summed E-state index contributed by atoms with van der Waals surface area (Å²) in [5, 5.41) is 29.4. The zero-order chi connectivity index (χ0) is 19.4. The van der Waals surface area contributed by atoms with Gasteiger partial charge in [-0.25, -0.2) is 10.3 Å². The SMILES string of the molecule is CC1C(O)C(O)[C@@H](CO)O[C@H]1n1ccc(NOCc2ccccc2)nc1=O. The molecule has 146 valence electrons. The highest BCUT2D eigenvalue weighted by Gasteiger charge is 2.42. The van der Waals surface area contributed by atoms with Crippen LogP contribution >= 0.6 is 0 Å². The van der Waals surface area contributed by atoms with Gasteiger partial charge in [0.2, 0.25) is 0 Å². The van der Waals surface area contributed by atoms with Gasteiger partial charge >= 0.3 is 5.69 Å². The molecule has 3 unspecified atom stereocenters. The number of aromatic nitrogens is 2. The molecule has 2 aromatic rings. The minimum atomic E-state index is -1.22. The Morgan fingerprint density at radius 3 is 2.63 bits per heavy atom. The normalized spacial score (nSPS) is 28.1. The molecule has 0 aliphatic carbocycles. The van der Waals surface area contributed by atoms with Crippen LogP contribution in [0.15, 0.2) is 47.4 Å². The van der Waals surface area contributed by atoms with Crippen molar-refractivity contribution in [2.75, 3.05) is 12.1 Å². The molecule has 1 aromatic carbocycles. The summed E-state index contributed by atoms with van der Waals surface area (Å²) < 4.78 is 6.80. The van der Waals surface area contributed by atoms with Gasteiger partial charge in [0.15, 0.2) is 5.82 Å². The average Bonchev–Trinajstić information content (AvgIpc) is 2.68.